The van der Waals surface area contributed by atoms with Crippen LogP contribution in [0.15, 0.2) is 48.5 Å². The molecular weight excluding hydrogens is 342 g/mol. The fourth-order valence-electron chi connectivity index (χ4n) is 2.17. The number of rotatable bonds is 5. The summed E-state index contributed by atoms with van der Waals surface area (Å²) in [6.45, 7) is 1.81. The number of carbonyl (C=O) groups is 1. The van der Waals surface area contributed by atoms with Gasteiger partial charge < -0.3 is 10.1 Å². The lowest BCUT2D eigenvalue weighted by Gasteiger charge is -2.10. The van der Waals surface area contributed by atoms with Crippen molar-refractivity contribution in [3.63, 3.8) is 0 Å². The Balaban J connectivity index is 2.02. The Hall–Kier alpha value is -3.42. The van der Waals surface area contributed by atoms with Crippen molar-refractivity contribution in [3.05, 3.63) is 65.9 Å². The first-order chi connectivity index (χ1) is 12.6. The molecule has 0 bridgehead atoms. The molecule has 0 saturated heterocycles. The molecule has 132 valence electrons. The van der Waals surface area contributed by atoms with E-state index in [0.717, 1.165) is 0 Å². The van der Waals surface area contributed by atoms with Crippen LogP contribution in [0.4, 0.5) is 20.3 Å². The Bertz CT molecular complexity index is 933. The highest BCUT2D eigenvalue weighted by Crippen LogP contribution is 2.22. The second-order valence-electron chi connectivity index (χ2n) is 5.20. The maximum Gasteiger partial charge on any atom is 0.362 e. The van der Waals surface area contributed by atoms with Gasteiger partial charge in [-0.15, -0.1) is 10.2 Å². The van der Waals surface area contributed by atoms with Crippen LogP contribution in [0.5, 0.6) is 0 Å². The van der Waals surface area contributed by atoms with Crippen LogP contribution < -0.4 is 5.32 Å². The van der Waals surface area contributed by atoms with Crippen molar-refractivity contribution in [1.82, 2.24) is 15.2 Å². The molecular formula is C18H14F2N4O2. The lowest BCUT2D eigenvalue weighted by molar-refractivity contribution is 0.0519. The first-order valence-electron chi connectivity index (χ1n) is 7.77. The van der Waals surface area contributed by atoms with Crippen LogP contribution in [0.2, 0.25) is 0 Å². The zero-order chi connectivity index (χ0) is 18.5. The number of hydrogen-bond donors (Lipinski definition) is 1. The molecule has 0 aliphatic rings. The quantitative estimate of drug-likeness (QED) is 0.702. The van der Waals surface area contributed by atoms with E-state index in [0.29, 0.717) is 11.3 Å². The van der Waals surface area contributed by atoms with Crippen molar-refractivity contribution in [2.45, 2.75) is 6.92 Å². The Kier molecular flexibility index (Phi) is 5.12. The summed E-state index contributed by atoms with van der Waals surface area (Å²) in [7, 11) is 0. The summed E-state index contributed by atoms with van der Waals surface area (Å²) in [5, 5.41) is 10.6. The zero-order valence-corrected chi connectivity index (χ0v) is 13.7. The van der Waals surface area contributed by atoms with Gasteiger partial charge in [0.15, 0.2) is 11.6 Å². The van der Waals surface area contributed by atoms with E-state index in [9.17, 15) is 13.6 Å². The van der Waals surface area contributed by atoms with Crippen molar-refractivity contribution in [2.75, 3.05) is 11.9 Å². The molecule has 6 nitrogen and oxygen atoms in total. The number of carbonyl (C=O) groups excluding carboxylic acids is 1. The van der Waals surface area contributed by atoms with Gasteiger partial charge in [0, 0.05) is 11.3 Å². The summed E-state index contributed by atoms with van der Waals surface area (Å²) >= 11 is 0. The SMILES string of the molecule is CCOC(=O)c1nnc(-c2cccc(F)c2)nc1Nc1ccc(F)cc1. The van der Waals surface area contributed by atoms with Gasteiger partial charge in [0.2, 0.25) is 5.69 Å². The Morgan fingerprint density at radius 3 is 2.54 bits per heavy atom. The second kappa shape index (κ2) is 7.64. The molecule has 0 unspecified atom stereocenters. The fraction of sp³-hybridized carbons (Fsp3) is 0.111. The summed E-state index contributed by atoms with van der Waals surface area (Å²) in [6.07, 6.45) is 0. The molecule has 0 aliphatic heterocycles. The number of hydrogen-bond acceptors (Lipinski definition) is 6. The average molecular weight is 356 g/mol. The Morgan fingerprint density at radius 2 is 1.85 bits per heavy atom. The molecule has 26 heavy (non-hydrogen) atoms. The van der Waals surface area contributed by atoms with Crippen molar-refractivity contribution in [1.29, 1.82) is 0 Å². The molecule has 8 heteroatoms. The molecule has 0 amide bonds. The molecule has 1 heterocycles. The number of halogens is 2. The van der Waals surface area contributed by atoms with Gasteiger partial charge in [-0.05, 0) is 43.3 Å². The van der Waals surface area contributed by atoms with Crippen LogP contribution in [0.3, 0.4) is 0 Å². The molecule has 0 aliphatic carbocycles. The minimum absolute atomic E-state index is 0.0734. The molecule has 3 aromatic rings. The van der Waals surface area contributed by atoms with Crippen molar-refractivity contribution >= 4 is 17.5 Å². The summed E-state index contributed by atoms with van der Waals surface area (Å²) in [6, 6.07) is 11.2. The molecule has 3 rings (SSSR count). The Labute approximate surface area is 147 Å². The standard InChI is InChI=1S/C18H14F2N4O2/c1-2-26-18(25)15-17(21-14-8-6-12(19)7-9-14)22-16(24-23-15)11-4-3-5-13(20)10-11/h3-10H,2H2,1H3,(H,21,22,24). The molecule has 0 spiro atoms. The number of esters is 1. The van der Waals surface area contributed by atoms with Crippen molar-refractivity contribution in [3.8, 4) is 11.4 Å². The summed E-state index contributed by atoms with van der Waals surface area (Å²) in [5.41, 5.74) is 0.758. The van der Waals surface area contributed by atoms with Crippen LogP contribution in [0, 0.1) is 11.6 Å². The first-order valence-corrected chi connectivity index (χ1v) is 7.77. The van der Waals surface area contributed by atoms with Gasteiger partial charge in [0.05, 0.1) is 6.61 Å². The highest BCUT2D eigenvalue weighted by molar-refractivity contribution is 5.93. The minimum Gasteiger partial charge on any atom is -0.461 e. The third kappa shape index (κ3) is 3.97. The smallest absolute Gasteiger partial charge is 0.362 e. The van der Waals surface area contributed by atoms with Crippen LogP contribution in [-0.2, 0) is 4.74 Å². The number of anilines is 2. The van der Waals surface area contributed by atoms with E-state index in [4.69, 9.17) is 4.74 Å². The lowest BCUT2D eigenvalue weighted by Crippen LogP contribution is -2.14. The molecule has 0 radical (unpaired) electrons. The van der Waals surface area contributed by atoms with E-state index in [1.807, 2.05) is 0 Å². The number of ether oxygens (including phenoxy) is 1. The predicted molar refractivity (Wildman–Crippen MR) is 90.9 cm³/mol. The largest absolute Gasteiger partial charge is 0.461 e. The van der Waals surface area contributed by atoms with Gasteiger partial charge in [0.25, 0.3) is 0 Å². The highest BCUT2D eigenvalue weighted by Gasteiger charge is 2.19. The van der Waals surface area contributed by atoms with Gasteiger partial charge >= 0.3 is 5.97 Å². The van der Waals surface area contributed by atoms with Crippen LogP contribution in [0.25, 0.3) is 11.4 Å². The number of nitrogens with one attached hydrogen (secondary N) is 1. The van der Waals surface area contributed by atoms with Gasteiger partial charge in [-0.1, -0.05) is 12.1 Å². The van der Waals surface area contributed by atoms with E-state index in [1.165, 1.54) is 42.5 Å². The molecule has 2 aromatic carbocycles. The maximum atomic E-state index is 13.4. The van der Waals surface area contributed by atoms with E-state index >= 15 is 0 Å². The third-order valence-electron chi connectivity index (χ3n) is 3.35. The van der Waals surface area contributed by atoms with Crippen molar-refractivity contribution < 1.29 is 18.3 Å². The maximum absolute atomic E-state index is 13.4. The molecule has 0 saturated carbocycles. The monoisotopic (exact) mass is 356 g/mol. The van der Waals surface area contributed by atoms with E-state index in [1.54, 1.807) is 13.0 Å². The summed E-state index contributed by atoms with van der Waals surface area (Å²) < 4.78 is 31.5. The molecule has 1 N–H and O–H groups in total. The molecule has 1 aromatic heterocycles. The first kappa shape index (κ1) is 17.4. The number of aromatic nitrogens is 3. The zero-order valence-electron chi connectivity index (χ0n) is 13.7. The summed E-state index contributed by atoms with van der Waals surface area (Å²) in [5.74, 6) is -1.36. The van der Waals surface area contributed by atoms with Gasteiger partial charge in [0.1, 0.15) is 11.6 Å². The van der Waals surface area contributed by atoms with Gasteiger partial charge in [-0.2, -0.15) is 0 Å². The van der Waals surface area contributed by atoms with Gasteiger partial charge in [-0.3, -0.25) is 0 Å². The van der Waals surface area contributed by atoms with Crippen LogP contribution in [0.1, 0.15) is 17.4 Å². The van der Waals surface area contributed by atoms with Gasteiger partial charge in [-0.25, -0.2) is 18.6 Å². The number of nitrogens with zero attached hydrogens (tertiary/aromatic N) is 3. The highest BCUT2D eigenvalue weighted by atomic mass is 19.1. The summed E-state index contributed by atoms with van der Waals surface area (Å²) in [4.78, 5) is 16.3. The van der Waals surface area contributed by atoms with Crippen LogP contribution >= 0.6 is 0 Å². The van der Waals surface area contributed by atoms with E-state index in [-0.39, 0.29) is 23.9 Å². The lowest BCUT2D eigenvalue weighted by atomic mass is 10.2. The van der Waals surface area contributed by atoms with E-state index < -0.39 is 17.6 Å². The molecule has 0 fully saturated rings. The number of benzene rings is 2. The van der Waals surface area contributed by atoms with E-state index in [2.05, 4.69) is 20.5 Å². The normalized spacial score (nSPS) is 10.4. The van der Waals surface area contributed by atoms with Crippen LogP contribution in [-0.4, -0.2) is 27.8 Å². The second-order valence-corrected chi connectivity index (χ2v) is 5.20. The predicted octanol–water partition coefficient (Wildman–Crippen LogP) is 3.74. The minimum atomic E-state index is -0.706. The van der Waals surface area contributed by atoms with Crippen molar-refractivity contribution in [2.24, 2.45) is 0 Å². The molecule has 0 atom stereocenters. The average Bonchev–Trinajstić information content (AvgIpc) is 2.64. The Morgan fingerprint density at radius 1 is 1.08 bits per heavy atom. The third-order valence-corrected chi connectivity index (χ3v) is 3.35. The fourth-order valence-corrected chi connectivity index (χ4v) is 2.17. The topological polar surface area (TPSA) is 77.0 Å².